The Morgan fingerprint density at radius 1 is 1.67 bits per heavy atom. The van der Waals surface area contributed by atoms with Crippen LogP contribution in [0.5, 0.6) is 5.88 Å². The number of hydrogen-bond acceptors (Lipinski definition) is 3. The first-order valence-corrected chi connectivity index (χ1v) is 3.20. The zero-order valence-corrected chi connectivity index (χ0v) is 6.37. The highest BCUT2D eigenvalue weighted by Gasteiger charge is 2.03. The highest BCUT2D eigenvalue weighted by Crippen LogP contribution is 2.10. The normalized spacial score (nSPS) is 9.50. The molecule has 1 aromatic rings. The highest BCUT2D eigenvalue weighted by atomic mass is 19.1. The van der Waals surface area contributed by atoms with Crippen LogP contribution in [0.1, 0.15) is 5.69 Å². The number of aryl methyl sites for hydroxylation is 1. The maximum Gasteiger partial charge on any atom is 0.411 e. The van der Waals surface area contributed by atoms with E-state index >= 15 is 0 Å². The van der Waals surface area contributed by atoms with Crippen molar-refractivity contribution in [1.82, 2.24) is 4.98 Å². The van der Waals surface area contributed by atoms with Crippen molar-refractivity contribution in [3.63, 3.8) is 0 Å². The zero-order chi connectivity index (χ0) is 9.14. The first kappa shape index (κ1) is 8.45. The minimum Gasteiger partial charge on any atom is -0.391 e. The molecule has 0 unspecified atom stereocenters. The fourth-order valence-corrected chi connectivity index (χ4v) is 0.681. The molecule has 0 aliphatic heterocycles. The van der Waals surface area contributed by atoms with Crippen molar-refractivity contribution in [1.29, 1.82) is 0 Å². The van der Waals surface area contributed by atoms with Gasteiger partial charge in [0.15, 0.2) is 0 Å². The van der Waals surface area contributed by atoms with Crippen molar-refractivity contribution in [3.05, 3.63) is 23.6 Å². The van der Waals surface area contributed by atoms with Crippen LogP contribution in [0.4, 0.5) is 9.18 Å². The second-order valence-corrected chi connectivity index (χ2v) is 2.14. The molecule has 4 nitrogen and oxygen atoms in total. The van der Waals surface area contributed by atoms with Crippen molar-refractivity contribution in [3.8, 4) is 5.88 Å². The van der Waals surface area contributed by atoms with E-state index in [1.165, 1.54) is 13.0 Å². The smallest absolute Gasteiger partial charge is 0.391 e. The molecule has 1 rings (SSSR count). The second kappa shape index (κ2) is 3.17. The number of ether oxygens (including phenoxy) is 1. The quantitative estimate of drug-likeness (QED) is 0.683. The minimum atomic E-state index is -0.964. The Morgan fingerprint density at radius 3 is 2.83 bits per heavy atom. The van der Waals surface area contributed by atoms with Gasteiger partial charge in [0.2, 0.25) is 5.88 Å². The maximum atomic E-state index is 12.6. The molecular weight excluding hydrogens is 163 g/mol. The summed E-state index contributed by atoms with van der Waals surface area (Å²) in [5, 5.41) is 0. The van der Waals surface area contributed by atoms with Crippen molar-refractivity contribution >= 4 is 6.09 Å². The van der Waals surface area contributed by atoms with Gasteiger partial charge in [-0.25, -0.2) is 14.2 Å². The summed E-state index contributed by atoms with van der Waals surface area (Å²) in [6.07, 6.45) is -0.964. The van der Waals surface area contributed by atoms with Gasteiger partial charge < -0.3 is 10.5 Å². The Morgan fingerprint density at radius 2 is 2.33 bits per heavy atom. The fourth-order valence-electron chi connectivity index (χ4n) is 0.681. The number of halogens is 1. The van der Waals surface area contributed by atoms with E-state index in [1.807, 2.05) is 0 Å². The molecule has 0 atom stereocenters. The molecule has 5 heteroatoms. The molecule has 0 aromatic carbocycles. The van der Waals surface area contributed by atoms with Crippen LogP contribution in [0.15, 0.2) is 12.1 Å². The van der Waals surface area contributed by atoms with Crippen molar-refractivity contribution in [2.45, 2.75) is 6.92 Å². The molecule has 1 amide bonds. The van der Waals surface area contributed by atoms with E-state index in [4.69, 9.17) is 5.73 Å². The van der Waals surface area contributed by atoms with Gasteiger partial charge in [-0.15, -0.1) is 0 Å². The van der Waals surface area contributed by atoms with Gasteiger partial charge in [0.25, 0.3) is 0 Å². The number of amides is 1. The SMILES string of the molecule is Cc1nc(OC(N)=O)ccc1F. The number of hydrogen-bond donors (Lipinski definition) is 1. The average Bonchev–Trinajstić information content (AvgIpc) is 1.96. The fraction of sp³-hybridized carbons (Fsp3) is 0.143. The Kier molecular flexibility index (Phi) is 2.23. The number of pyridine rings is 1. The third kappa shape index (κ3) is 1.91. The predicted molar refractivity (Wildman–Crippen MR) is 39.1 cm³/mol. The third-order valence-corrected chi connectivity index (χ3v) is 1.20. The van der Waals surface area contributed by atoms with Gasteiger partial charge in [-0.3, -0.25) is 0 Å². The first-order chi connectivity index (χ1) is 5.59. The molecule has 0 aliphatic carbocycles. The van der Waals surface area contributed by atoms with Gasteiger partial charge in [-0.2, -0.15) is 0 Å². The van der Waals surface area contributed by atoms with E-state index in [0.717, 1.165) is 6.07 Å². The summed E-state index contributed by atoms with van der Waals surface area (Å²) in [6, 6.07) is 2.38. The molecule has 1 heterocycles. The van der Waals surface area contributed by atoms with Crippen LogP contribution in [-0.4, -0.2) is 11.1 Å². The predicted octanol–water partition coefficient (Wildman–Crippen LogP) is 0.987. The van der Waals surface area contributed by atoms with Crippen LogP contribution in [0.3, 0.4) is 0 Å². The van der Waals surface area contributed by atoms with Crippen molar-refractivity contribution < 1.29 is 13.9 Å². The summed E-state index contributed by atoms with van der Waals surface area (Å²) < 4.78 is 17.0. The standard InChI is InChI=1S/C7H7FN2O2/c1-4-5(8)2-3-6(10-4)12-7(9)11/h2-3H,1H3,(H2,9,11). The lowest BCUT2D eigenvalue weighted by atomic mass is 10.3. The van der Waals surface area contributed by atoms with Gasteiger partial charge in [0, 0.05) is 6.07 Å². The van der Waals surface area contributed by atoms with Crippen LogP contribution < -0.4 is 10.5 Å². The molecule has 2 N–H and O–H groups in total. The first-order valence-electron chi connectivity index (χ1n) is 3.20. The van der Waals surface area contributed by atoms with Gasteiger partial charge in [-0.05, 0) is 13.0 Å². The van der Waals surface area contributed by atoms with E-state index in [9.17, 15) is 9.18 Å². The molecule has 0 saturated heterocycles. The Bertz CT molecular complexity index is 314. The summed E-state index contributed by atoms with van der Waals surface area (Å²) in [6.45, 7) is 1.46. The number of primary amides is 1. The molecule has 1 aromatic heterocycles. The van der Waals surface area contributed by atoms with E-state index in [1.54, 1.807) is 0 Å². The number of carbonyl (C=O) groups is 1. The molecule has 0 fully saturated rings. The van der Waals surface area contributed by atoms with Crippen LogP contribution in [0, 0.1) is 12.7 Å². The van der Waals surface area contributed by atoms with Crippen LogP contribution in [0.2, 0.25) is 0 Å². The topological polar surface area (TPSA) is 65.2 Å². The number of aromatic nitrogens is 1. The van der Waals surface area contributed by atoms with E-state index in [-0.39, 0.29) is 11.6 Å². The summed E-state index contributed by atoms with van der Waals surface area (Å²) in [7, 11) is 0. The van der Waals surface area contributed by atoms with Crippen LogP contribution in [-0.2, 0) is 0 Å². The molecule has 0 radical (unpaired) electrons. The molecule has 0 spiro atoms. The monoisotopic (exact) mass is 170 g/mol. The third-order valence-electron chi connectivity index (χ3n) is 1.20. The van der Waals surface area contributed by atoms with Gasteiger partial charge in [-0.1, -0.05) is 0 Å². The molecule has 64 valence electrons. The lowest BCUT2D eigenvalue weighted by molar-refractivity contribution is 0.209. The average molecular weight is 170 g/mol. The molecule has 0 bridgehead atoms. The van der Waals surface area contributed by atoms with E-state index in [0.29, 0.717) is 0 Å². The van der Waals surface area contributed by atoms with Gasteiger partial charge >= 0.3 is 6.09 Å². The Labute approximate surface area is 68.2 Å². The van der Waals surface area contributed by atoms with E-state index < -0.39 is 11.9 Å². The van der Waals surface area contributed by atoms with Crippen molar-refractivity contribution in [2.24, 2.45) is 5.73 Å². The number of nitrogens with zero attached hydrogens (tertiary/aromatic N) is 1. The van der Waals surface area contributed by atoms with Crippen molar-refractivity contribution in [2.75, 3.05) is 0 Å². The summed E-state index contributed by atoms with van der Waals surface area (Å²) in [5.41, 5.74) is 4.88. The zero-order valence-electron chi connectivity index (χ0n) is 6.37. The highest BCUT2D eigenvalue weighted by molar-refractivity contribution is 5.67. The summed E-state index contributed by atoms with van der Waals surface area (Å²) >= 11 is 0. The Balaban J connectivity index is 2.89. The molecule has 0 saturated carbocycles. The number of nitrogens with two attached hydrogens (primary N) is 1. The largest absolute Gasteiger partial charge is 0.411 e. The lowest BCUT2D eigenvalue weighted by Gasteiger charge is -2.00. The lowest BCUT2D eigenvalue weighted by Crippen LogP contribution is -2.17. The van der Waals surface area contributed by atoms with Crippen LogP contribution in [0.25, 0.3) is 0 Å². The Hall–Kier alpha value is -1.65. The molecule has 12 heavy (non-hydrogen) atoms. The summed E-state index contributed by atoms with van der Waals surface area (Å²) in [5.74, 6) is -0.451. The van der Waals surface area contributed by atoms with Crippen LogP contribution >= 0.6 is 0 Å². The number of carbonyl (C=O) groups excluding carboxylic acids is 1. The molecular formula is C7H7FN2O2. The summed E-state index contributed by atoms with van der Waals surface area (Å²) in [4.78, 5) is 13.8. The van der Waals surface area contributed by atoms with E-state index in [2.05, 4.69) is 9.72 Å². The maximum absolute atomic E-state index is 12.6. The number of rotatable bonds is 1. The second-order valence-electron chi connectivity index (χ2n) is 2.14. The molecule has 0 aliphatic rings. The van der Waals surface area contributed by atoms with Gasteiger partial charge in [0.1, 0.15) is 5.82 Å². The van der Waals surface area contributed by atoms with Gasteiger partial charge in [0.05, 0.1) is 5.69 Å². The minimum absolute atomic E-state index is 0.00130.